The van der Waals surface area contributed by atoms with Crippen LogP contribution in [-0.2, 0) is 6.54 Å². The maximum atomic E-state index is 9.08. The fourth-order valence-electron chi connectivity index (χ4n) is 1.92. The van der Waals surface area contributed by atoms with E-state index in [1.165, 1.54) is 0 Å². The van der Waals surface area contributed by atoms with Crippen molar-refractivity contribution in [1.82, 2.24) is 4.90 Å². The van der Waals surface area contributed by atoms with Crippen molar-refractivity contribution >= 4 is 17.2 Å². The number of aliphatic hydroxyl groups is 1. The van der Waals surface area contributed by atoms with E-state index in [4.69, 9.17) is 27.8 Å². The Morgan fingerprint density at radius 1 is 1.47 bits per heavy atom. The lowest BCUT2D eigenvalue weighted by Gasteiger charge is -2.25. The molecular weight excluding hydrogens is 260 g/mol. The van der Waals surface area contributed by atoms with Crippen LogP contribution in [0.25, 0.3) is 0 Å². The van der Waals surface area contributed by atoms with E-state index in [2.05, 4.69) is 18.7 Å². The van der Waals surface area contributed by atoms with Gasteiger partial charge < -0.3 is 15.6 Å². The molecule has 1 aromatic carbocycles. The van der Waals surface area contributed by atoms with Crippen molar-refractivity contribution in [2.24, 2.45) is 5.73 Å². The summed E-state index contributed by atoms with van der Waals surface area (Å²) in [6.45, 7) is 5.77. The molecule has 4 nitrogen and oxygen atoms in total. The number of hydrogen-bond acceptors (Lipinski definition) is 4. The van der Waals surface area contributed by atoms with Crippen LogP contribution >= 0.6 is 12.2 Å². The first-order valence-electron chi connectivity index (χ1n) is 6.31. The van der Waals surface area contributed by atoms with Crippen molar-refractivity contribution in [3.8, 4) is 5.75 Å². The van der Waals surface area contributed by atoms with Crippen LogP contribution in [0.2, 0.25) is 0 Å². The van der Waals surface area contributed by atoms with E-state index in [9.17, 15) is 0 Å². The van der Waals surface area contributed by atoms with Gasteiger partial charge in [0.2, 0.25) is 0 Å². The zero-order valence-corrected chi connectivity index (χ0v) is 12.5. The summed E-state index contributed by atoms with van der Waals surface area (Å²) in [6.07, 6.45) is 0. The Balaban J connectivity index is 2.92. The zero-order chi connectivity index (χ0) is 14.4. The van der Waals surface area contributed by atoms with Gasteiger partial charge in [0.05, 0.1) is 19.3 Å². The van der Waals surface area contributed by atoms with Crippen LogP contribution in [0.5, 0.6) is 5.75 Å². The molecule has 5 heteroatoms. The van der Waals surface area contributed by atoms with E-state index in [-0.39, 0.29) is 6.61 Å². The number of nitrogens with zero attached hydrogens (tertiary/aromatic N) is 1. The van der Waals surface area contributed by atoms with Crippen LogP contribution in [0.15, 0.2) is 18.2 Å². The molecule has 0 saturated carbocycles. The predicted octanol–water partition coefficient (Wildman–Crippen LogP) is 1.53. The Morgan fingerprint density at radius 2 is 2.16 bits per heavy atom. The van der Waals surface area contributed by atoms with Crippen LogP contribution < -0.4 is 10.5 Å². The number of nitrogens with two attached hydrogens (primary N) is 1. The Morgan fingerprint density at radius 3 is 2.63 bits per heavy atom. The number of hydrogen-bond donors (Lipinski definition) is 2. The molecule has 0 atom stereocenters. The Bertz CT molecular complexity index is 435. The van der Waals surface area contributed by atoms with E-state index >= 15 is 0 Å². The summed E-state index contributed by atoms with van der Waals surface area (Å²) in [4.78, 5) is 2.52. The third-order valence-electron chi connectivity index (χ3n) is 3.03. The number of ether oxygens (including phenoxy) is 1. The van der Waals surface area contributed by atoms with Crippen molar-refractivity contribution in [3.63, 3.8) is 0 Å². The summed E-state index contributed by atoms with van der Waals surface area (Å²) in [5, 5.41) is 9.08. The molecule has 0 aliphatic rings. The van der Waals surface area contributed by atoms with Crippen LogP contribution in [0.4, 0.5) is 0 Å². The molecule has 0 spiro atoms. The minimum atomic E-state index is 0.153. The van der Waals surface area contributed by atoms with Crippen molar-refractivity contribution in [2.75, 3.05) is 20.3 Å². The summed E-state index contributed by atoms with van der Waals surface area (Å²) in [7, 11) is 1.61. The molecule has 106 valence electrons. The summed E-state index contributed by atoms with van der Waals surface area (Å²) in [5.41, 5.74) is 7.51. The number of rotatable bonds is 7. The molecule has 0 amide bonds. The molecule has 0 saturated heterocycles. The summed E-state index contributed by atoms with van der Waals surface area (Å²) in [5.74, 6) is 0.692. The van der Waals surface area contributed by atoms with Crippen molar-refractivity contribution < 1.29 is 9.84 Å². The summed E-state index contributed by atoms with van der Waals surface area (Å²) < 4.78 is 5.31. The highest BCUT2D eigenvalue weighted by Crippen LogP contribution is 2.21. The van der Waals surface area contributed by atoms with Gasteiger partial charge in [-0.3, -0.25) is 4.90 Å². The summed E-state index contributed by atoms with van der Waals surface area (Å²) in [6, 6.07) is 6.19. The fourth-order valence-corrected chi connectivity index (χ4v) is 2.09. The van der Waals surface area contributed by atoms with Gasteiger partial charge in [0, 0.05) is 19.1 Å². The standard InChI is InChI=1S/C14H22N2O2S/c1-10(2)16(6-7-17)9-11-4-5-12(14(15)19)13(8-11)18-3/h4-5,8,10,17H,6-7,9H2,1-3H3,(H2,15,19). The predicted molar refractivity (Wildman–Crippen MR) is 81.5 cm³/mol. The Kier molecular flexibility index (Phi) is 6.21. The van der Waals surface area contributed by atoms with E-state index < -0.39 is 0 Å². The monoisotopic (exact) mass is 282 g/mol. The number of methoxy groups -OCH3 is 1. The lowest BCUT2D eigenvalue weighted by Crippen LogP contribution is -2.32. The number of aliphatic hydroxyl groups excluding tert-OH is 1. The Hall–Kier alpha value is -1.17. The van der Waals surface area contributed by atoms with E-state index in [1.54, 1.807) is 7.11 Å². The first kappa shape index (κ1) is 15.9. The van der Waals surface area contributed by atoms with Gasteiger partial charge >= 0.3 is 0 Å². The van der Waals surface area contributed by atoms with Gasteiger partial charge in [-0.15, -0.1) is 0 Å². The molecule has 19 heavy (non-hydrogen) atoms. The van der Waals surface area contributed by atoms with E-state index in [0.717, 1.165) is 17.7 Å². The zero-order valence-electron chi connectivity index (χ0n) is 11.7. The molecule has 1 aromatic rings. The van der Waals surface area contributed by atoms with Crippen molar-refractivity contribution in [2.45, 2.75) is 26.4 Å². The van der Waals surface area contributed by atoms with Crippen LogP contribution in [0, 0.1) is 0 Å². The first-order valence-corrected chi connectivity index (χ1v) is 6.72. The van der Waals surface area contributed by atoms with Gasteiger partial charge in [-0.1, -0.05) is 18.3 Å². The number of benzene rings is 1. The summed E-state index contributed by atoms with van der Waals surface area (Å²) >= 11 is 4.98. The van der Waals surface area contributed by atoms with Crippen molar-refractivity contribution in [3.05, 3.63) is 29.3 Å². The molecule has 0 aromatic heterocycles. The van der Waals surface area contributed by atoms with E-state index in [0.29, 0.717) is 23.3 Å². The highest BCUT2D eigenvalue weighted by atomic mass is 32.1. The SMILES string of the molecule is COc1cc(CN(CCO)C(C)C)ccc1C(N)=S. The number of thiocarbonyl (C=S) groups is 1. The minimum Gasteiger partial charge on any atom is -0.496 e. The largest absolute Gasteiger partial charge is 0.496 e. The smallest absolute Gasteiger partial charge is 0.129 e. The molecule has 0 heterocycles. The molecule has 0 unspecified atom stereocenters. The maximum Gasteiger partial charge on any atom is 0.129 e. The lowest BCUT2D eigenvalue weighted by molar-refractivity contribution is 0.159. The maximum absolute atomic E-state index is 9.08. The third-order valence-corrected chi connectivity index (χ3v) is 3.25. The van der Waals surface area contributed by atoms with Crippen LogP contribution in [0.3, 0.4) is 0 Å². The van der Waals surface area contributed by atoms with Gasteiger partial charge in [-0.25, -0.2) is 0 Å². The average Bonchev–Trinajstić information content (AvgIpc) is 2.37. The average molecular weight is 282 g/mol. The molecule has 0 bridgehead atoms. The third kappa shape index (κ3) is 4.45. The second kappa shape index (κ2) is 7.43. The lowest BCUT2D eigenvalue weighted by atomic mass is 10.1. The quantitative estimate of drug-likeness (QED) is 0.743. The van der Waals surface area contributed by atoms with Crippen molar-refractivity contribution in [1.29, 1.82) is 0 Å². The molecular formula is C14H22N2O2S. The van der Waals surface area contributed by atoms with Gasteiger partial charge in [0.15, 0.2) is 0 Å². The highest BCUT2D eigenvalue weighted by molar-refractivity contribution is 7.80. The second-order valence-electron chi connectivity index (χ2n) is 4.69. The molecule has 1 rings (SSSR count). The van der Waals surface area contributed by atoms with Gasteiger partial charge in [0.1, 0.15) is 10.7 Å². The second-order valence-corrected chi connectivity index (χ2v) is 5.13. The first-order chi connectivity index (χ1) is 8.99. The minimum absolute atomic E-state index is 0.153. The van der Waals surface area contributed by atoms with Crippen LogP contribution in [0.1, 0.15) is 25.0 Å². The fraction of sp³-hybridized carbons (Fsp3) is 0.500. The molecule has 3 N–H and O–H groups in total. The molecule has 0 aliphatic heterocycles. The van der Waals surface area contributed by atoms with E-state index in [1.807, 2.05) is 18.2 Å². The molecule has 0 aliphatic carbocycles. The molecule has 0 radical (unpaired) electrons. The normalized spacial score (nSPS) is 11.1. The Labute approximate surface area is 120 Å². The molecule has 0 fully saturated rings. The van der Waals surface area contributed by atoms with Gasteiger partial charge in [-0.2, -0.15) is 0 Å². The van der Waals surface area contributed by atoms with Gasteiger partial charge in [-0.05, 0) is 31.5 Å². The highest BCUT2D eigenvalue weighted by Gasteiger charge is 2.12. The topological polar surface area (TPSA) is 58.7 Å². The van der Waals surface area contributed by atoms with Gasteiger partial charge in [0.25, 0.3) is 0 Å². The van der Waals surface area contributed by atoms with Crippen LogP contribution in [-0.4, -0.2) is 41.3 Å².